The first-order chi connectivity index (χ1) is 12.6. The Morgan fingerprint density at radius 1 is 0.667 bits per heavy atom. The average Bonchev–Trinajstić information content (AvgIpc) is 2.86. The lowest BCUT2D eigenvalue weighted by Crippen LogP contribution is -2.21. The topological polar surface area (TPSA) is 46.2 Å². The number of rotatable bonds is 1. The molecule has 3 rings (SSSR count). The summed E-state index contributed by atoms with van der Waals surface area (Å²) in [5, 5.41) is 1.43. The van der Waals surface area contributed by atoms with Crippen molar-refractivity contribution in [2.75, 3.05) is 0 Å². The highest BCUT2D eigenvalue weighted by Gasteiger charge is 2.28. The molecule has 2 aromatic rings. The Labute approximate surface area is 157 Å². The number of carbonyl (C=O) groups is 2. The fraction of sp³-hybridized carbons (Fsp3) is 0. The van der Waals surface area contributed by atoms with Crippen LogP contribution in [0.25, 0.3) is 11.1 Å². The summed E-state index contributed by atoms with van der Waals surface area (Å²) in [6.07, 6.45) is 0. The largest absolute Gasteiger partial charge is 0.287 e. The number of carbonyl (C=O) groups excluding carboxylic acids is 2. The molecule has 1 heterocycles. The van der Waals surface area contributed by atoms with Crippen molar-refractivity contribution < 1.29 is 35.9 Å². The van der Waals surface area contributed by atoms with Crippen molar-refractivity contribution in [1.29, 1.82) is 0 Å². The molecular formula is C16H5Cl2F6NO2. The molecule has 11 heteroatoms. The Bertz CT molecular complexity index is 942. The van der Waals surface area contributed by atoms with Crippen LogP contribution in [0.15, 0.2) is 34.3 Å². The van der Waals surface area contributed by atoms with Gasteiger partial charge < -0.3 is 0 Å². The van der Waals surface area contributed by atoms with Gasteiger partial charge >= 0.3 is 0 Å². The summed E-state index contributed by atoms with van der Waals surface area (Å²) in [6, 6.07) is 4.22. The molecule has 2 aromatic carbocycles. The highest BCUT2D eigenvalue weighted by Crippen LogP contribution is 2.32. The van der Waals surface area contributed by atoms with E-state index in [-0.39, 0.29) is 10.1 Å². The minimum atomic E-state index is -2.27. The molecular weight excluding hydrogens is 423 g/mol. The van der Waals surface area contributed by atoms with Crippen molar-refractivity contribution in [1.82, 2.24) is 5.32 Å². The lowest BCUT2D eigenvalue weighted by atomic mass is 10.0. The number of amides is 2. The van der Waals surface area contributed by atoms with Gasteiger partial charge in [0.15, 0.2) is 23.3 Å². The molecule has 0 bridgehead atoms. The number of hydrogen-bond acceptors (Lipinski definition) is 2. The van der Waals surface area contributed by atoms with E-state index in [1.165, 1.54) is 12.1 Å². The molecule has 3 nitrogen and oxygen atoms in total. The molecule has 1 N–H and O–H groups in total. The molecule has 0 saturated carbocycles. The number of nitrogens with one attached hydrogen (secondary N) is 1. The Balaban J connectivity index is 0.000000244. The van der Waals surface area contributed by atoms with Crippen LogP contribution in [0.3, 0.4) is 0 Å². The third-order valence-corrected chi connectivity index (χ3v) is 3.99. The molecule has 1 aliphatic heterocycles. The van der Waals surface area contributed by atoms with Crippen molar-refractivity contribution >= 4 is 35.0 Å². The summed E-state index contributed by atoms with van der Waals surface area (Å²) < 4.78 is 78.8. The molecule has 0 unspecified atom stereocenters. The molecule has 0 fully saturated rings. The van der Waals surface area contributed by atoms with Crippen LogP contribution in [0, 0.1) is 34.9 Å². The van der Waals surface area contributed by atoms with Crippen molar-refractivity contribution in [3.8, 4) is 11.1 Å². The van der Waals surface area contributed by atoms with Gasteiger partial charge in [0.25, 0.3) is 11.8 Å². The SMILES string of the molecule is Fc1ccccc1-c1c(F)c(F)c(F)c(F)c1F.O=C1NC(=O)C(Cl)=C1Cl. The van der Waals surface area contributed by atoms with Crippen LogP contribution in [0.1, 0.15) is 0 Å². The first kappa shape index (κ1) is 20.8. The molecule has 0 aromatic heterocycles. The lowest BCUT2D eigenvalue weighted by Gasteiger charge is -2.08. The van der Waals surface area contributed by atoms with Gasteiger partial charge in [-0.3, -0.25) is 14.9 Å². The van der Waals surface area contributed by atoms with Crippen molar-refractivity contribution in [3.63, 3.8) is 0 Å². The summed E-state index contributed by atoms with van der Waals surface area (Å²) >= 11 is 10.4. The zero-order valence-corrected chi connectivity index (χ0v) is 14.2. The smallest absolute Gasteiger partial charge is 0.271 e. The average molecular weight is 428 g/mol. The van der Waals surface area contributed by atoms with Gasteiger partial charge in [0.2, 0.25) is 5.82 Å². The molecule has 0 aliphatic carbocycles. The molecule has 0 atom stereocenters. The van der Waals surface area contributed by atoms with E-state index in [4.69, 9.17) is 23.2 Å². The molecule has 0 radical (unpaired) electrons. The summed E-state index contributed by atoms with van der Waals surface area (Å²) in [5.74, 6) is -12.9. The molecule has 0 saturated heterocycles. The summed E-state index contributed by atoms with van der Waals surface area (Å²) in [4.78, 5) is 20.8. The van der Waals surface area contributed by atoms with Crippen LogP contribution < -0.4 is 5.32 Å². The van der Waals surface area contributed by atoms with Gasteiger partial charge in [-0.1, -0.05) is 41.4 Å². The molecule has 2 amide bonds. The maximum absolute atomic E-state index is 13.4. The van der Waals surface area contributed by atoms with Crippen molar-refractivity contribution in [3.05, 3.63) is 69.2 Å². The van der Waals surface area contributed by atoms with Gasteiger partial charge in [-0.2, -0.15) is 0 Å². The zero-order chi connectivity index (χ0) is 20.5. The lowest BCUT2D eigenvalue weighted by molar-refractivity contribution is -0.123. The van der Waals surface area contributed by atoms with Crippen LogP contribution in [-0.2, 0) is 9.59 Å². The number of hydrogen-bond donors (Lipinski definition) is 1. The summed E-state index contributed by atoms with van der Waals surface area (Å²) in [5.41, 5.74) is -1.96. The van der Waals surface area contributed by atoms with E-state index in [1.54, 1.807) is 0 Å². The van der Waals surface area contributed by atoms with Crippen molar-refractivity contribution in [2.45, 2.75) is 0 Å². The van der Waals surface area contributed by atoms with E-state index >= 15 is 0 Å². The Kier molecular flexibility index (Phi) is 6.17. The molecule has 0 spiro atoms. The Morgan fingerprint density at radius 3 is 1.44 bits per heavy atom. The van der Waals surface area contributed by atoms with Crippen LogP contribution in [0.5, 0.6) is 0 Å². The normalized spacial score (nSPS) is 13.5. The second-order valence-corrected chi connectivity index (χ2v) is 5.59. The monoisotopic (exact) mass is 427 g/mol. The highest BCUT2D eigenvalue weighted by atomic mass is 35.5. The van der Waals surface area contributed by atoms with Gasteiger partial charge in [-0.05, 0) is 6.07 Å². The number of halogens is 8. The summed E-state index contributed by atoms with van der Waals surface area (Å²) in [6.45, 7) is 0. The Hall–Kier alpha value is -2.52. The van der Waals surface area contributed by atoms with E-state index in [2.05, 4.69) is 0 Å². The second kappa shape index (κ2) is 8.01. The van der Waals surface area contributed by atoms with Gasteiger partial charge in [0.05, 0.1) is 5.56 Å². The van der Waals surface area contributed by atoms with E-state index in [1.807, 2.05) is 5.32 Å². The van der Waals surface area contributed by atoms with E-state index in [0.717, 1.165) is 12.1 Å². The van der Waals surface area contributed by atoms with Gasteiger partial charge in [-0.15, -0.1) is 0 Å². The van der Waals surface area contributed by atoms with Gasteiger partial charge in [0.1, 0.15) is 15.9 Å². The highest BCUT2D eigenvalue weighted by molar-refractivity contribution is 6.58. The second-order valence-electron chi connectivity index (χ2n) is 4.84. The third kappa shape index (κ3) is 3.93. The standard InChI is InChI=1S/C12H4F6.C4HCl2NO2/c13-6-4-2-1-3-5(6)7-8(14)10(16)12(18)11(17)9(7)15;5-1-2(6)4(9)7-3(1)8/h1-4H;(H,7,8,9). The molecule has 27 heavy (non-hydrogen) atoms. The maximum Gasteiger partial charge on any atom is 0.271 e. The minimum Gasteiger partial charge on any atom is -0.287 e. The van der Waals surface area contributed by atoms with Crippen molar-refractivity contribution in [2.24, 2.45) is 0 Å². The van der Waals surface area contributed by atoms with E-state index in [0.29, 0.717) is 0 Å². The van der Waals surface area contributed by atoms with Crippen LogP contribution in [-0.4, -0.2) is 11.8 Å². The maximum atomic E-state index is 13.4. The fourth-order valence-corrected chi connectivity index (χ4v) is 2.18. The minimum absolute atomic E-state index is 0.235. The fourth-order valence-electron chi connectivity index (χ4n) is 1.92. The number of imide groups is 1. The van der Waals surface area contributed by atoms with Gasteiger partial charge in [-0.25, -0.2) is 26.3 Å². The predicted molar refractivity (Wildman–Crippen MR) is 83.5 cm³/mol. The predicted octanol–water partition coefficient (Wildman–Crippen LogP) is 4.52. The summed E-state index contributed by atoms with van der Waals surface area (Å²) in [7, 11) is 0. The van der Waals surface area contributed by atoms with Gasteiger partial charge in [0, 0.05) is 5.56 Å². The molecule has 142 valence electrons. The zero-order valence-electron chi connectivity index (χ0n) is 12.6. The Morgan fingerprint density at radius 2 is 1.07 bits per heavy atom. The van der Waals surface area contributed by atoms with E-state index in [9.17, 15) is 35.9 Å². The quantitative estimate of drug-likeness (QED) is 0.314. The first-order valence-corrected chi connectivity index (χ1v) is 7.50. The number of benzene rings is 2. The van der Waals surface area contributed by atoms with Crippen LogP contribution >= 0.6 is 23.2 Å². The first-order valence-electron chi connectivity index (χ1n) is 6.75. The third-order valence-electron chi connectivity index (χ3n) is 3.17. The van der Waals surface area contributed by atoms with Crippen LogP contribution in [0.2, 0.25) is 0 Å². The van der Waals surface area contributed by atoms with Crippen LogP contribution in [0.4, 0.5) is 26.3 Å². The molecule has 1 aliphatic rings. The van der Waals surface area contributed by atoms with E-state index < -0.39 is 57.8 Å².